The molecule has 3 heteroatoms. The number of para-hydroxylation sites is 1. The molecule has 3 atom stereocenters. The van der Waals surface area contributed by atoms with Gasteiger partial charge in [-0.15, -0.1) is 0 Å². The average Bonchev–Trinajstić information content (AvgIpc) is 2.74. The third-order valence-electron chi connectivity index (χ3n) is 5.26. The van der Waals surface area contributed by atoms with Crippen LogP contribution in [0.5, 0.6) is 11.5 Å². The Balaban J connectivity index is 1.51. The second-order valence-corrected chi connectivity index (χ2v) is 7.01. The molecule has 0 radical (unpaired) electrons. The first-order valence-electron chi connectivity index (χ1n) is 8.75. The van der Waals surface area contributed by atoms with Crippen molar-refractivity contribution in [3.63, 3.8) is 0 Å². The summed E-state index contributed by atoms with van der Waals surface area (Å²) in [4.78, 5) is 4.43. The molecule has 2 aromatic rings. The van der Waals surface area contributed by atoms with Crippen molar-refractivity contribution >= 4 is 0 Å². The minimum absolute atomic E-state index is 0.622. The monoisotopic (exact) mass is 308 g/mol. The van der Waals surface area contributed by atoms with E-state index >= 15 is 0 Å². The summed E-state index contributed by atoms with van der Waals surface area (Å²) in [6.07, 6.45) is 9.13. The molecular weight excluding hydrogens is 284 g/mol. The number of aromatic nitrogens is 1. The van der Waals surface area contributed by atoms with Crippen LogP contribution in [0.15, 0.2) is 48.8 Å². The normalized spacial score (nSPS) is 27.2. The van der Waals surface area contributed by atoms with Crippen molar-refractivity contribution < 1.29 is 4.74 Å². The summed E-state index contributed by atoms with van der Waals surface area (Å²) in [5.41, 5.74) is 1.34. The first-order chi connectivity index (χ1) is 11.4. The Labute approximate surface area is 138 Å². The van der Waals surface area contributed by atoms with Crippen LogP contribution < -0.4 is 10.1 Å². The van der Waals surface area contributed by atoms with E-state index in [4.69, 9.17) is 4.74 Å². The topological polar surface area (TPSA) is 34.1 Å². The number of ether oxygens (including phenoxy) is 1. The Morgan fingerprint density at radius 2 is 1.78 bits per heavy atom. The standard InChI is InChI=1S/C20H24N2O/c1-2-4-19(5-3-1)23-20-10-18(13-22-14-20)17-7-6-15-8-16(9-17)12-21-11-15/h1-5,10,13-17,21H,6-9,11-12H2. The summed E-state index contributed by atoms with van der Waals surface area (Å²) >= 11 is 0. The Morgan fingerprint density at radius 3 is 2.70 bits per heavy atom. The number of benzene rings is 1. The van der Waals surface area contributed by atoms with Crippen molar-refractivity contribution in [3.05, 3.63) is 54.4 Å². The molecular formula is C20H24N2O. The quantitative estimate of drug-likeness (QED) is 0.914. The Hall–Kier alpha value is -1.87. The molecule has 0 amide bonds. The van der Waals surface area contributed by atoms with Gasteiger partial charge in [-0.3, -0.25) is 4.98 Å². The Bertz CT molecular complexity index is 643. The predicted octanol–water partition coefficient (Wildman–Crippen LogP) is 4.37. The number of pyridine rings is 1. The molecule has 1 saturated carbocycles. The van der Waals surface area contributed by atoms with E-state index in [1.54, 1.807) is 0 Å². The summed E-state index contributed by atoms with van der Waals surface area (Å²) in [7, 11) is 0. The fourth-order valence-corrected chi connectivity index (χ4v) is 4.13. The average molecular weight is 308 g/mol. The second kappa shape index (κ2) is 6.71. The molecule has 3 unspecified atom stereocenters. The third kappa shape index (κ3) is 3.56. The number of hydrogen-bond acceptors (Lipinski definition) is 3. The lowest BCUT2D eigenvalue weighted by atomic mass is 9.87. The Kier molecular flexibility index (Phi) is 4.29. The molecule has 23 heavy (non-hydrogen) atoms. The van der Waals surface area contributed by atoms with Gasteiger partial charge in [0.25, 0.3) is 0 Å². The lowest BCUT2D eigenvalue weighted by Crippen LogP contribution is -2.35. The molecule has 2 bridgehead atoms. The number of nitrogens with zero attached hydrogens (tertiary/aromatic N) is 1. The molecule has 1 aromatic heterocycles. The first-order valence-corrected chi connectivity index (χ1v) is 8.75. The van der Waals surface area contributed by atoms with Gasteiger partial charge in [0.2, 0.25) is 0 Å². The highest BCUT2D eigenvalue weighted by molar-refractivity contribution is 5.32. The largest absolute Gasteiger partial charge is 0.456 e. The zero-order valence-corrected chi connectivity index (χ0v) is 13.4. The predicted molar refractivity (Wildman–Crippen MR) is 91.8 cm³/mol. The van der Waals surface area contributed by atoms with Crippen molar-refractivity contribution in [1.29, 1.82) is 0 Å². The zero-order chi connectivity index (χ0) is 15.5. The van der Waals surface area contributed by atoms with E-state index in [0.29, 0.717) is 5.92 Å². The fourth-order valence-electron chi connectivity index (χ4n) is 4.13. The molecule has 0 spiro atoms. The van der Waals surface area contributed by atoms with Gasteiger partial charge in [-0.1, -0.05) is 18.2 Å². The molecule has 120 valence electrons. The molecule has 1 aromatic carbocycles. The highest BCUT2D eigenvalue weighted by Crippen LogP contribution is 2.39. The molecule has 4 rings (SSSR count). The van der Waals surface area contributed by atoms with Crippen LogP contribution in [-0.2, 0) is 0 Å². The Morgan fingerprint density at radius 1 is 0.913 bits per heavy atom. The SMILES string of the molecule is c1ccc(Oc2cncc(C3CCC4CNCC(C4)C3)c2)cc1. The molecule has 2 aliphatic rings. The van der Waals surface area contributed by atoms with Crippen LogP contribution in [0, 0.1) is 11.8 Å². The zero-order valence-electron chi connectivity index (χ0n) is 13.4. The van der Waals surface area contributed by atoms with E-state index in [1.165, 1.54) is 44.3 Å². The second-order valence-electron chi connectivity index (χ2n) is 7.01. The number of hydrogen-bond donors (Lipinski definition) is 1. The van der Waals surface area contributed by atoms with E-state index in [2.05, 4.69) is 16.4 Å². The summed E-state index contributed by atoms with van der Waals surface area (Å²) in [5.74, 6) is 4.03. The fraction of sp³-hybridized carbons (Fsp3) is 0.450. The van der Waals surface area contributed by atoms with Gasteiger partial charge >= 0.3 is 0 Å². The van der Waals surface area contributed by atoms with Crippen molar-refractivity contribution in [2.24, 2.45) is 11.8 Å². The van der Waals surface area contributed by atoms with Gasteiger partial charge < -0.3 is 10.1 Å². The minimum atomic E-state index is 0.622. The van der Waals surface area contributed by atoms with Crippen LogP contribution in [0.25, 0.3) is 0 Å². The van der Waals surface area contributed by atoms with Crippen molar-refractivity contribution in [3.8, 4) is 11.5 Å². The van der Waals surface area contributed by atoms with Crippen molar-refractivity contribution in [1.82, 2.24) is 10.3 Å². The van der Waals surface area contributed by atoms with Crippen LogP contribution in [0.1, 0.15) is 37.2 Å². The van der Waals surface area contributed by atoms with Crippen LogP contribution in [0.3, 0.4) is 0 Å². The number of piperidine rings is 1. The maximum absolute atomic E-state index is 5.95. The third-order valence-corrected chi connectivity index (χ3v) is 5.26. The molecule has 3 nitrogen and oxygen atoms in total. The number of fused-ring (bicyclic) bond motifs is 2. The van der Waals surface area contributed by atoms with E-state index in [1.807, 2.05) is 42.7 Å². The number of rotatable bonds is 3. The van der Waals surface area contributed by atoms with E-state index in [-0.39, 0.29) is 0 Å². The lowest BCUT2D eigenvalue weighted by molar-refractivity contribution is 0.289. The summed E-state index contributed by atoms with van der Waals surface area (Å²) in [5, 5.41) is 3.60. The van der Waals surface area contributed by atoms with Crippen LogP contribution in [-0.4, -0.2) is 18.1 Å². The van der Waals surface area contributed by atoms with Crippen LogP contribution in [0.4, 0.5) is 0 Å². The first kappa shape index (κ1) is 14.7. The number of nitrogens with one attached hydrogen (secondary N) is 1. The van der Waals surface area contributed by atoms with Gasteiger partial charge in [0.1, 0.15) is 11.5 Å². The molecule has 2 heterocycles. The maximum Gasteiger partial charge on any atom is 0.145 e. The minimum Gasteiger partial charge on any atom is -0.456 e. The molecule has 1 N–H and O–H groups in total. The molecule has 2 fully saturated rings. The highest BCUT2D eigenvalue weighted by atomic mass is 16.5. The van der Waals surface area contributed by atoms with Gasteiger partial charge in [0.05, 0.1) is 6.20 Å². The maximum atomic E-state index is 5.95. The molecule has 1 saturated heterocycles. The van der Waals surface area contributed by atoms with Crippen molar-refractivity contribution in [2.75, 3.05) is 13.1 Å². The van der Waals surface area contributed by atoms with E-state index in [9.17, 15) is 0 Å². The van der Waals surface area contributed by atoms with Crippen molar-refractivity contribution in [2.45, 2.75) is 31.6 Å². The smallest absolute Gasteiger partial charge is 0.145 e. The van der Waals surface area contributed by atoms with Gasteiger partial charge in [-0.05, 0) is 80.3 Å². The molecule has 1 aliphatic heterocycles. The van der Waals surface area contributed by atoms with Gasteiger partial charge in [-0.2, -0.15) is 0 Å². The summed E-state index contributed by atoms with van der Waals surface area (Å²) < 4.78 is 5.95. The summed E-state index contributed by atoms with van der Waals surface area (Å²) in [6.45, 7) is 2.39. The van der Waals surface area contributed by atoms with Gasteiger partial charge in [0, 0.05) is 6.20 Å². The highest BCUT2D eigenvalue weighted by Gasteiger charge is 2.29. The van der Waals surface area contributed by atoms with Gasteiger partial charge in [-0.25, -0.2) is 0 Å². The lowest BCUT2D eigenvalue weighted by Gasteiger charge is -2.27. The van der Waals surface area contributed by atoms with Gasteiger partial charge in [0.15, 0.2) is 0 Å². The van der Waals surface area contributed by atoms with Crippen LogP contribution >= 0.6 is 0 Å². The van der Waals surface area contributed by atoms with E-state index in [0.717, 1.165) is 23.3 Å². The van der Waals surface area contributed by atoms with E-state index < -0.39 is 0 Å². The summed E-state index contributed by atoms with van der Waals surface area (Å²) in [6, 6.07) is 12.1. The van der Waals surface area contributed by atoms with Crippen LogP contribution in [0.2, 0.25) is 0 Å². The molecule has 1 aliphatic carbocycles.